The number of hydrogen-bond donors (Lipinski definition) is 0. The van der Waals surface area contributed by atoms with E-state index < -0.39 is 0 Å². The van der Waals surface area contributed by atoms with Crippen LogP contribution in [0.4, 0.5) is 0 Å². The van der Waals surface area contributed by atoms with E-state index >= 15 is 0 Å². The van der Waals surface area contributed by atoms with Crippen LogP contribution in [-0.4, -0.2) is 32.8 Å². The average molecular weight is 276 g/mol. The first-order valence-electron chi connectivity index (χ1n) is 5.96. The maximum absolute atomic E-state index is 12.3. The first kappa shape index (κ1) is 13.6. The van der Waals surface area contributed by atoms with Crippen LogP contribution in [0, 0.1) is 13.8 Å². The molecule has 2 aromatic rings. The van der Waals surface area contributed by atoms with Gasteiger partial charge in [-0.3, -0.25) is 4.79 Å². The Morgan fingerprint density at radius 3 is 2.47 bits per heavy atom. The van der Waals surface area contributed by atoms with Gasteiger partial charge < -0.3 is 4.90 Å². The van der Waals surface area contributed by atoms with Crippen LogP contribution < -0.4 is 0 Å². The SMILES string of the molecule is Cc1nc([C@H](C)N(C)C(=O)c2cncnc2)c(C)s1. The van der Waals surface area contributed by atoms with Gasteiger partial charge in [-0.15, -0.1) is 11.3 Å². The van der Waals surface area contributed by atoms with E-state index in [1.165, 1.54) is 18.7 Å². The Morgan fingerprint density at radius 2 is 1.95 bits per heavy atom. The molecule has 19 heavy (non-hydrogen) atoms. The molecule has 2 aromatic heterocycles. The lowest BCUT2D eigenvalue weighted by Gasteiger charge is -2.24. The lowest BCUT2D eigenvalue weighted by Crippen LogP contribution is -2.30. The highest BCUT2D eigenvalue weighted by Gasteiger charge is 2.22. The summed E-state index contributed by atoms with van der Waals surface area (Å²) in [6.45, 7) is 5.98. The minimum Gasteiger partial charge on any atom is -0.333 e. The van der Waals surface area contributed by atoms with Crippen LogP contribution in [-0.2, 0) is 0 Å². The summed E-state index contributed by atoms with van der Waals surface area (Å²) >= 11 is 1.65. The van der Waals surface area contributed by atoms with Gasteiger partial charge in [-0.2, -0.15) is 0 Å². The van der Waals surface area contributed by atoms with Crippen molar-refractivity contribution in [2.24, 2.45) is 0 Å². The van der Waals surface area contributed by atoms with E-state index in [0.29, 0.717) is 5.56 Å². The zero-order chi connectivity index (χ0) is 14.0. The van der Waals surface area contributed by atoms with Crippen molar-refractivity contribution in [3.05, 3.63) is 39.9 Å². The van der Waals surface area contributed by atoms with Crippen molar-refractivity contribution in [1.82, 2.24) is 19.9 Å². The molecule has 0 aliphatic heterocycles. The Morgan fingerprint density at radius 1 is 1.32 bits per heavy atom. The van der Waals surface area contributed by atoms with E-state index in [0.717, 1.165) is 15.6 Å². The fourth-order valence-corrected chi connectivity index (χ4v) is 2.81. The molecule has 0 N–H and O–H groups in total. The third kappa shape index (κ3) is 2.78. The van der Waals surface area contributed by atoms with Crippen LogP contribution in [0.5, 0.6) is 0 Å². The number of aryl methyl sites for hydroxylation is 2. The number of amides is 1. The van der Waals surface area contributed by atoms with E-state index in [4.69, 9.17) is 0 Å². The maximum atomic E-state index is 12.3. The summed E-state index contributed by atoms with van der Waals surface area (Å²) < 4.78 is 0. The Labute approximate surface area is 116 Å². The largest absolute Gasteiger partial charge is 0.333 e. The molecule has 0 aliphatic rings. The quantitative estimate of drug-likeness (QED) is 0.863. The Balaban J connectivity index is 2.22. The first-order chi connectivity index (χ1) is 9.00. The zero-order valence-corrected chi connectivity index (χ0v) is 12.2. The van der Waals surface area contributed by atoms with Crippen LogP contribution in [0.2, 0.25) is 0 Å². The molecule has 100 valence electrons. The van der Waals surface area contributed by atoms with Gasteiger partial charge in [-0.05, 0) is 20.8 Å². The molecule has 6 heteroatoms. The Bertz CT molecular complexity index is 582. The summed E-state index contributed by atoms with van der Waals surface area (Å²) in [7, 11) is 1.77. The number of hydrogen-bond acceptors (Lipinski definition) is 5. The molecule has 0 radical (unpaired) electrons. The van der Waals surface area contributed by atoms with E-state index in [9.17, 15) is 4.79 Å². The van der Waals surface area contributed by atoms with Crippen LogP contribution in [0.15, 0.2) is 18.7 Å². The number of carbonyl (C=O) groups is 1. The molecule has 0 aromatic carbocycles. The van der Waals surface area contributed by atoms with Gasteiger partial charge >= 0.3 is 0 Å². The van der Waals surface area contributed by atoms with Crippen LogP contribution in [0.25, 0.3) is 0 Å². The lowest BCUT2D eigenvalue weighted by atomic mass is 10.1. The third-order valence-electron chi connectivity index (χ3n) is 3.04. The number of carbonyl (C=O) groups excluding carboxylic acids is 1. The summed E-state index contributed by atoms with van der Waals surface area (Å²) in [6.07, 6.45) is 4.46. The van der Waals surface area contributed by atoms with Crippen molar-refractivity contribution in [3.63, 3.8) is 0 Å². The predicted octanol–water partition coefficient (Wildman–Crippen LogP) is 2.38. The fourth-order valence-electron chi connectivity index (χ4n) is 1.91. The molecule has 5 nitrogen and oxygen atoms in total. The van der Waals surface area contributed by atoms with Gasteiger partial charge in [0.05, 0.1) is 22.3 Å². The minimum atomic E-state index is -0.0989. The molecule has 2 heterocycles. The summed E-state index contributed by atoms with van der Waals surface area (Å²) in [5.74, 6) is -0.0989. The summed E-state index contributed by atoms with van der Waals surface area (Å²) in [4.78, 5) is 27.4. The van der Waals surface area contributed by atoms with Gasteiger partial charge in [-0.1, -0.05) is 0 Å². The van der Waals surface area contributed by atoms with E-state index in [1.54, 1.807) is 23.3 Å². The molecule has 2 rings (SSSR count). The summed E-state index contributed by atoms with van der Waals surface area (Å²) in [5.41, 5.74) is 1.44. The smallest absolute Gasteiger partial charge is 0.257 e. The van der Waals surface area contributed by atoms with Crippen molar-refractivity contribution in [1.29, 1.82) is 0 Å². The molecule has 1 amide bonds. The molecule has 0 spiro atoms. The van der Waals surface area contributed by atoms with Crippen molar-refractivity contribution >= 4 is 17.2 Å². The molecule has 0 saturated heterocycles. The predicted molar refractivity (Wildman–Crippen MR) is 74.1 cm³/mol. The normalized spacial score (nSPS) is 12.2. The standard InChI is InChI=1S/C13H16N4OS/c1-8(12-9(2)19-10(3)16-12)17(4)13(18)11-5-14-7-15-6-11/h5-8H,1-4H3/t8-/m0/s1. The van der Waals surface area contributed by atoms with Gasteiger partial charge in [0.15, 0.2) is 0 Å². The van der Waals surface area contributed by atoms with Crippen LogP contribution in [0.3, 0.4) is 0 Å². The third-order valence-corrected chi connectivity index (χ3v) is 3.95. The second kappa shape index (κ2) is 5.44. The zero-order valence-electron chi connectivity index (χ0n) is 11.4. The molecule has 1 atom stereocenters. The Kier molecular flexibility index (Phi) is 3.90. The van der Waals surface area contributed by atoms with Crippen molar-refractivity contribution < 1.29 is 4.79 Å². The second-order valence-corrected chi connectivity index (χ2v) is 5.80. The number of thiazole rings is 1. The molecular formula is C13H16N4OS. The number of aromatic nitrogens is 3. The van der Waals surface area contributed by atoms with Gasteiger partial charge in [0, 0.05) is 24.3 Å². The van der Waals surface area contributed by atoms with Crippen molar-refractivity contribution in [3.8, 4) is 0 Å². The van der Waals surface area contributed by atoms with E-state index in [-0.39, 0.29) is 11.9 Å². The highest BCUT2D eigenvalue weighted by Crippen LogP contribution is 2.26. The maximum Gasteiger partial charge on any atom is 0.257 e. The molecular weight excluding hydrogens is 260 g/mol. The van der Waals surface area contributed by atoms with Crippen LogP contribution >= 0.6 is 11.3 Å². The van der Waals surface area contributed by atoms with Gasteiger partial charge in [0.25, 0.3) is 5.91 Å². The molecule has 0 bridgehead atoms. The topological polar surface area (TPSA) is 59.0 Å². The number of nitrogens with zero attached hydrogens (tertiary/aromatic N) is 4. The highest BCUT2D eigenvalue weighted by molar-refractivity contribution is 7.11. The van der Waals surface area contributed by atoms with E-state index in [1.807, 2.05) is 20.8 Å². The minimum absolute atomic E-state index is 0.0716. The molecule has 0 saturated carbocycles. The number of rotatable bonds is 3. The summed E-state index contributed by atoms with van der Waals surface area (Å²) in [6, 6.07) is -0.0716. The first-order valence-corrected chi connectivity index (χ1v) is 6.78. The molecule has 0 unspecified atom stereocenters. The lowest BCUT2D eigenvalue weighted by molar-refractivity contribution is 0.0739. The van der Waals surface area contributed by atoms with Crippen molar-refractivity contribution in [2.45, 2.75) is 26.8 Å². The van der Waals surface area contributed by atoms with Gasteiger partial charge in [0.1, 0.15) is 6.33 Å². The molecule has 0 fully saturated rings. The summed E-state index contributed by atoms with van der Waals surface area (Å²) in [5, 5.41) is 1.02. The monoisotopic (exact) mass is 276 g/mol. The van der Waals surface area contributed by atoms with Gasteiger partial charge in [0.2, 0.25) is 0 Å². The Hall–Kier alpha value is -1.82. The highest BCUT2D eigenvalue weighted by atomic mass is 32.1. The van der Waals surface area contributed by atoms with E-state index in [2.05, 4.69) is 15.0 Å². The van der Waals surface area contributed by atoms with Gasteiger partial charge in [-0.25, -0.2) is 15.0 Å². The fraction of sp³-hybridized carbons (Fsp3) is 0.385. The van der Waals surface area contributed by atoms with Crippen LogP contribution in [0.1, 0.15) is 38.9 Å². The second-order valence-electron chi connectivity index (χ2n) is 4.39. The van der Waals surface area contributed by atoms with Crippen molar-refractivity contribution in [2.75, 3.05) is 7.05 Å². The average Bonchev–Trinajstić information content (AvgIpc) is 2.76. The molecule has 0 aliphatic carbocycles.